The van der Waals surface area contributed by atoms with E-state index in [-0.39, 0.29) is 66.9 Å². The first-order valence-electron chi connectivity index (χ1n) is 12.3. The van der Waals surface area contributed by atoms with Gasteiger partial charge in [0.2, 0.25) is 5.95 Å². The van der Waals surface area contributed by atoms with Crippen LogP contribution in [0.15, 0.2) is 47.5 Å². The molecule has 0 atom stereocenters. The van der Waals surface area contributed by atoms with Gasteiger partial charge in [-0.25, -0.2) is 13.8 Å². The van der Waals surface area contributed by atoms with Crippen LogP contribution in [0.25, 0.3) is 33.4 Å². The number of fused-ring (bicyclic) bond motifs is 2. The van der Waals surface area contributed by atoms with Crippen LogP contribution in [0.3, 0.4) is 0 Å². The number of benzene rings is 2. The van der Waals surface area contributed by atoms with Crippen molar-refractivity contribution < 1.29 is 13.2 Å². The number of nitrogens with zero attached hydrogens (tertiary/aromatic N) is 9. The zero-order chi connectivity index (χ0) is 32.6. The zero-order valence-electron chi connectivity index (χ0n) is 22.1. The van der Waals surface area contributed by atoms with Crippen molar-refractivity contribution in [2.24, 2.45) is 0 Å². The molecule has 3 aromatic rings. The maximum Gasteiger partial charge on any atom is 0.222 e. The van der Waals surface area contributed by atoms with Crippen molar-refractivity contribution in [2.75, 3.05) is 0 Å². The smallest absolute Gasteiger partial charge is 0.208 e. The Kier molecular flexibility index (Phi) is 6.98. The topological polar surface area (TPSA) is 203 Å². The summed E-state index contributed by atoms with van der Waals surface area (Å²) in [5.74, 6) is -3.45. The van der Waals surface area contributed by atoms with Crippen LogP contribution in [0.5, 0.6) is 0 Å². The molecular weight excluding hydrogens is 579 g/mol. The molecule has 0 saturated heterocycles. The minimum Gasteiger partial charge on any atom is -0.208 e. The van der Waals surface area contributed by atoms with Gasteiger partial charge < -0.3 is 0 Å². The van der Waals surface area contributed by atoms with E-state index >= 15 is 8.78 Å². The van der Waals surface area contributed by atoms with E-state index in [1.54, 1.807) is 30.3 Å². The Morgan fingerprint density at radius 1 is 0.511 bits per heavy atom. The number of pyridine rings is 1. The summed E-state index contributed by atoms with van der Waals surface area (Å²) < 4.78 is 45.3. The Bertz CT molecular complexity index is 2410. The Hall–Kier alpha value is -7.74. The largest absolute Gasteiger partial charge is 0.222 e. The van der Waals surface area contributed by atoms with Gasteiger partial charge in [-0.15, -0.1) is 0 Å². The summed E-state index contributed by atoms with van der Waals surface area (Å²) in [5, 5.41) is 78.0. The summed E-state index contributed by atoms with van der Waals surface area (Å²) in [5.41, 5.74) is -4.59. The number of hydrogen-bond donors (Lipinski definition) is 0. The number of halogens is 3. The molecule has 2 aromatic carbocycles. The first-order chi connectivity index (χ1) is 21.7. The number of aromatic nitrogens is 1. The summed E-state index contributed by atoms with van der Waals surface area (Å²) in [7, 11) is 0. The van der Waals surface area contributed by atoms with Crippen LogP contribution in [0.4, 0.5) is 13.2 Å². The molecule has 5 rings (SSSR count). The van der Waals surface area contributed by atoms with Crippen molar-refractivity contribution >= 4 is 33.4 Å². The van der Waals surface area contributed by atoms with Gasteiger partial charge in [0.15, 0.2) is 0 Å². The van der Waals surface area contributed by atoms with E-state index in [1.165, 1.54) is 24.3 Å². The second kappa shape index (κ2) is 10.9. The minimum atomic E-state index is -1.18. The highest BCUT2D eigenvalue weighted by Gasteiger charge is 2.38. The molecule has 12 heteroatoms. The molecule has 204 valence electrons. The van der Waals surface area contributed by atoms with Gasteiger partial charge in [-0.1, -0.05) is 0 Å². The highest BCUT2D eigenvalue weighted by atomic mass is 19.1. The van der Waals surface area contributed by atoms with Crippen LogP contribution in [0.1, 0.15) is 44.6 Å². The van der Waals surface area contributed by atoms with Crippen LogP contribution in [0.2, 0.25) is 0 Å². The van der Waals surface area contributed by atoms with Crippen molar-refractivity contribution in [1.82, 2.24) is 4.98 Å². The average Bonchev–Trinajstić information content (AvgIpc) is 3.53. The molecule has 0 unspecified atom stereocenters. The number of allylic oxidation sites excluding steroid dienone is 8. The predicted octanol–water partition coefficient (Wildman–Crippen LogP) is 5.74. The van der Waals surface area contributed by atoms with Crippen LogP contribution < -0.4 is 0 Å². The molecule has 2 aliphatic rings. The molecule has 0 N–H and O–H groups in total. The van der Waals surface area contributed by atoms with Gasteiger partial charge in [-0.3, -0.25) is 0 Å². The molecule has 0 saturated carbocycles. The second-order valence-corrected chi connectivity index (χ2v) is 9.18. The summed E-state index contributed by atoms with van der Waals surface area (Å²) in [4.78, 5) is 3.55. The van der Waals surface area contributed by atoms with E-state index in [0.29, 0.717) is 12.1 Å². The lowest BCUT2D eigenvalue weighted by Crippen LogP contribution is -1.99. The van der Waals surface area contributed by atoms with Gasteiger partial charge in [0, 0.05) is 44.5 Å². The van der Waals surface area contributed by atoms with Crippen LogP contribution >= 0.6 is 0 Å². The number of rotatable bonds is 2. The first-order valence-corrected chi connectivity index (χ1v) is 12.3. The molecule has 1 heterocycles. The van der Waals surface area contributed by atoms with Gasteiger partial charge in [0.05, 0.1) is 16.7 Å². The molecule has 45 heavy (non-hydrogen) atoms. The Labute approximate surface area is 251 Å². The van der Waals surface area contributed by atoms with Gasteiger partial charge in [-0.2, -0.15) is 46.5 Å². The predicted molar refractivity (Wildman–Crippen MR) is 148 cm³/mol. The maximum atomic E-state index is 15.3. The van der Waals surface area contributed by atoms with Gasteiger partial charge in [0.1, 0.15) is 77.0 Å². The van der Waals surface area contributed by atoms with Gasteiger partial charge >= 0.3 is 0 Å². The SMILES string of the molecule is N#CC(C#N)=C1C(c2cc(F)c(C#N)cc2F)=C(C#N)c2cc3c(cc21)C(=C(C#N)C#N)C(c1ccc(C#N)nc1F)=C3C#N. The number of nitriles is 8. The molecule has 9 nitrogen and oxygen atoms in total. The van der Waals surface area contributed by atoms with Crippen molar-refractivity contribution in [1.29, 1.82) is 42.1 Å². The molecule has 2 aliphatic carbocycles. The van der Waals surface area contributed by atoms with E-state index in [9.17, 15) is 36.0 Å². The van der Waals surface area contributed by atoms with Gasteiger partial charge in [-0.05, 0) is 47.5 Å². The van der Waals surface area contributed by atoms with E-state index in [2.05, 4.69) is 4.98 Å². The quantitative estimate of drug-likeness (QED) is 0.265. The van der Waals surface area contributed by atoms with Crippen LogP contribution in [0, 0.1) is 108 Å². The zero-order valence-corrected chi connectivity index (χ0v) is 22.1. The Balaban J connectivity index is 1.96. The highest BCUT2D eigenvalue weighted by Crippen LogP contribution is 2.54. The highest BCUT2D eigenvalue weighted by molar-refractivity contribution is 6.29. The van der Waals surface area contributed by atoms with E-state index in [1.807, 2.05) is 12.1 Å². The molecular formula is C33H6F3N9. The monoisotopic (exact) mass is 585 g/mol. The van der Waals surface area contributed by atoms with Crippen LogP contribution in [-0.4, -0.2) is 4.98 Å². The lowest BCUT2D eigenvalue weighted by molar-refractivity contribution is 0.579. The molecule has 0 bridgehead atoms. The van der Waals surface area contributed by atoms with Crippen molar-refractivity contribution in [3.8, 4) is 48.6 Å². The summed E-state index contributed by atoms with van der Waals surface area (Å²) >= 11 is 0. The van der Waals surface area contributed by atoms with Crippen molar-refractivity contribution in [2.45, 2.75) is 0 Å². The fraction of sp³-hybridized carbons (Fsp3) is 0. The summed E-state index contributed by atoms with van der Waals surface area (Å²) in [6, 6.07) is 19.8. The van der Waals surface area contributed by atoms with E-state index in [0.717, 1.165) is 6.07 Å². The molecule has 0 radical (unpaired) electrons. The first kappa shape index (κ1) is 28.8. The summed E-state index contributed by atoms with van der Waals surface area (Å²) in [6.45, 7) is 0. The molecule has 0 aliphatic heterocycles. The van der Waals surface area contributed by atoms with Crippen molar-refractivity contribution in [3.05, 3.63) is 110 Å². The van der Waals surface area contributed by atoms with Crippen LogP contribution in [-0.2, 0) is 0 Å². The fourth-order valence-electron chi connectivity index (χ4n) is 5.29. The molecule has 0 fully saturated rings. The van der Waals surface area contributed by atoms with Crippen molar-refractivity contribution in [3.63, 3.8) is 0 Å². The minimum absolute atomic E-state index is 0.0000833. The standard InChI is InChI=1S/C33H6F3N9/c34-27-6-24(28(35)3-15(27)7-37)32-26(14-44)21-4-20-22(5-23(21)30(32)17(10-40)11-41)29(16(8-38)9-39)31(25(20)13-43)19-2-1-18(12-42)45-33(19)36/h1-6H. The second-order valence-electron chi connectivity index (χ2n) is 9.18. The Morgan fingerprint density at radius 3 is 1.47 bits per heavy atom. The molecule has 0 amide bonds. The third-order valence-electron chi connectivity index (χ3n) is 7.08. The fourth-order valence-corrected chi connectivity index (χ4v) is 5.29. The molecule has 1 aromatic heterocycles. The molecule has 0 spiro atoms. The Morgan fingerprint density at radius 2 is 1.02 bits per heavy atom. The third kappa shape index (κ3) is 4.15. The summed E-state index contributed by atoms with van der Waals surface area (Å²) in [6.07, 6.45) is 0. The normalized spacial score (nSPS) is 12.3. The van der Waals surface area contributed by atoms with E-state index in [4.69, 9.17) is 10.5 Å². The van der Waals surface area contributed by atoms with Gasteiger partial charge in [0.25, 0.3) is 0 Å². The number of hydrogen-bond acceptors (Lipinski definition) is 9. The lowest BCUT2D eigenvalue weighted by Gasteiger charge is -2.12. The average molecular weight is 585 g/mol. The third-order valence-corrected chi connectivity index (χ3v) is 7.08. The van der Waals surface area contributed by atoms with E-state index < -0.39 is 39.9 Å². The maximum absolute atomic E-state index is 15.3. The lowest BCUT2D eigenvalue weighted by atomic mass is 9.89.